The van der Waals surface area contributed by atoms with Crippen molar-refractivity contribution >= 4 is 33.0 Å². The Morgan fingerprint density at radius 3 is 1.85 bits per heavy atom. The van der Waals surface area contributed by atoms with Crippen LogP contribution in [0.3, 0.4) is 0 Å². The van der Waals surface area contributed by atoms with Crippen molar-refractivity contribution in [3.8, 4) is 39.5 Å². The van der Waals surface area contributed by atoms with Crippen molar-refractivity contribution in [1.82, 2.24) is 14.5 Å². The second kappa shape index (κ2) is 13.1. The van der Waals surface area contributed by atoms with E-state index >= 15 is 0 Å². The number of pyridine rings is 1. The number of hydrogen-bond donors (Lipinski definition) is 0. The van der Waals surface area contributed by atoms with Gasteiger partial charge in [-0.05, 0) is 105 Å². The molecule has 0 spiro atoms. The topological polar surface area (TPSA) is 43.9 Å². The highest BCUT2D eigenvalue weighted by atomic mass is 16.3. The fourth-order valence-electron chi connectivity index (χ4n) is 7.73. The molecule has 0 saturated heterocycles. The molecule has 0 radical (unpaired) electrons. The van der Waals surface area contributed by atoms with Crippen molar-refractivity contribution < 1.29 is 4.42 Å². The van der Waals surface area contributed by atoms with Gasteiger partial charge < -0.3 is 4.42 Å². The Hall–Kier alpha value is -5.48. The van der Waals surface area contributed by atoms with E-state index in [1.165, 1.54) is 39.1 Å². The zero-order valence-electron chi connectivity index (χ0n) is 33.4. The van der Waals surface area contributed by atoms with Gasteiger partial charge in [0, 0.05) is 16.3 Å². The molecule has 0 N–H and O–H groups in total. The van der Waals surface area contributed by atoms with Crippen LogP contribution >= 0.6 is 0 Å². The summed E-state index contributed by atoms with van der Waals surface area (Å²) in [6.45, 7) is 22.8. The first-order valence-electron chi connectivity index (χ1n) is 19.4. The first-order chi connectivity index (χ1) is 25.7. The van der Waals surface area contributed by atoms with Gasteiger partial charge in [-0.1, -0.05) is 130 Å². The molecule has 4 heteroatoms. The molecule has 0 fully saturated rings. The van der Waals surface area contributed by atoms with Crippen LogP contribution in [0.5, 0.6) is 0 Å². The maximum atomic E-state index is 6.79. The van der Waals surface area contributed by atoms with E-state index in [9.17, 15) is 0 Å². The molecule has 8 rings (SSSR count). The maximum Gasteiger partial charge on any atom is 0.153 e. The maximum absolute atomic E-state index is 6.79. The Morgan fingerprint density at radius 1 is 0.593 bits per heavy atom. The van der Waals surface area contributed by atoms with Gasteiger partial charge in [0.15, 0.2) is 5.58 Å². The minimum Gasteiger partial charge on any atom is -0.454 e. The summed E-state index contributed by atoms with van der Waals surface area (Å²) in [5.41, 5.74) is 15.5. The summed E-state index contributed by atoms with van der Waals surface area (Å²) in [5.74, 6) is 1.42. The second-order valence-corrected chi connectivity index (χ2v) is 17.6. The van der Waals surface area contributed by atoms with Crippen molar-refractivity contribution in [2.24, 2.45) is 0 Å². The van der Waals surface area contributed by atoms with Gasteiger partial charge in [-0.3, -0.25) is 9.55 Å². The molecular formula is C50H51N3O. The average Bonchev–Trinajstić information content (AvgIpc) is 3.72. The molecule has 0 amide bonds. The molecule has 5 aromatic carbocycles. The number of nitrogens with zero attached hydrogens (tertiary/aromatic N) is 3. The van der Waals surface area contributed by atoms with E-state index in [2.05, 4.69) is 183 Å². The standard InChI is InChI=1S/C50H51N3O/c1-30(2)39-25-33(32-17-12-11-13-18-32)26-40(31(3)4)46(39)53-44-22-15-14-21-42(44)52-48(53)38-20-16-19-37-41-28-43(51-29-45(41)54-47(37)38)34-23-35(49(5,6)7)27-36(24-34)50(8,9)10/h11-31H,1-10H3. The van der Waals surface area contributed by atoms with Crippen LogP contribution in [-0.2, 0) is 10.8 Å². The van der Waals surface area contributed by atoms with Crippen LogP contribution in [0.15, 0.2) is 120 Å². The summed E-state index contributed by atoms with van der Waals surface area (Å²) in [6.07, 6.45) is 1.90. The lowest BCUT2D eigenvalue weighted by Crippen LogP contribution is -2.16. The fraction of sp³-hybridized carbons (Fsp3) is 0.280. The van der Waals surface area contributed by atoms with Gasteiger partial charge >= 0.3 is 0 Å². The lowest BCUT2D eigenvalue weighted by atomic mass is 9.79. The zero-order valence-corrected chi connectivity index (χ0v) is 33.4. The Balaban J connectivity index is 1.37. The van der Waals surface area contributed by atoms with E-state index in [0.717, 1.165) is 55.6 Å². The van der Waals surface area contributed by atoms with Gasteiger partial charge in [0.25, 0.3) is 0 Å². The van der Waals surface area contributed by atoms with Crippen molar-refractivity contribution in [3.63, 3.8) is 0 Å². The third-order valence-corrected chi connectivity index (χ3v) is 10.9. The number of rotatable bonds is 6. The highest BCUT2D eigenvalue weighted by Gasteiger charge is 2.26. The first-order valence-corrected chi connectivity index (χ1v) is 19.4. The molecule has 3 aromatic heterocycles. The molecular weight excluding hydrogens is 659 g/mol. The minimum atomic E-state index is 0.00947. The largest absolute Gasteiger partial charge is 0.454 e. The zero-order chi connectivity index (χ0) is 38.1. The molecule has 0 unspecified atom stereocenters. The number of aromatic nitrogens is 3. The van der Waals surface area contributed by atoms with Crippen LogP contribution in [0.4, 0.5) is 0 Å². The van der Waals surface area contributed by atoms with Crippen LogP contribution in [0.2, 0.25) is 0 Å². The molecule has 0 aliphatic carbocycles. The Bertz CT molecular complexity index is 2610. The molecule has 272 valence electrons. The first kappa shape index (κ1) is 35.5. The predicted octanol–water partition coefficient (Wildman–Crippen LogP) is 14.2. The van der Waals surface area contributed by atoms with Crippen molar-refractivity contribution in [1.29, 1.82) is 0 Å². The molecule has 0 aliphatic rings. The van der Waals surface area contributed by atoms with Crippen LogP contribution < -0.4 is 0 Å². The number of benzene rings is 5. The van der Waals surface area contributed by atoms with E-state index in [1.54, 1.807) is 0 Å². The van der Waals surface area contributed by atoms with E-state index in [-0.39, 0.29) is 22.7 Å². The van der Waals surface area contributed by atoms with Crippen LogP contribution in [0.25, 0.3) is 72.4 Å². The average molecular weight is 710 g/mol. The van der Waals surface area contributed by atoms with E-state index in [0.29, 0.717) is 0 Å². The molecule has 0 aliphatic heterocycles. The van der Waals surface area contributed by atoms with Crippen molar-refractivity contribution in [2.45, 2.75) is 91.9 Å². The molecule has 0 bridgehead atoms. The van der Waals surface area contributed by atoms with Gasteiger partial charge in [0.2, 0.25) is 0 Å². The fourth-order valence-corrected chi connectivity index (χ4v) is 7.73. The highest BCUT2D eigenvalue weighted by Crippen LogP contribution is 2.43. The third kappa shape index (κ3) is 6.22. The molecule has 0 saturated carbocycles. The number of para-hydroxylation sites is 3. The molecule has 0 atom stereocenters. The van der Waals surface area contributed by atoms with Crippen molar-refractivity contribution in [2.75, 3.05) is 0 Å². The SMILES string of the molecule is CC(C)c1cc(-c2ccccc2)cc(C(C)C)c1-n1c(-c2cccc3c2oc2cnc(-c4cc(C(C)(C)C)cc(C(C)(C)C)c4)cc23)nc2ccccc21. The predicted molar refractivity (Wildman–Crippen MR) is 228 cm³/mol. The van der Waals surface area contributed by atoms with E-state index < -0.39 is 0 Å². The number of imidazole rings is 1. The van der Waals surface area contributed by atoms with Gasteiger partial charge in [-0.2, -0.15) is 0 Å². The highest BCUT2D eigenvalue weighted by molar-refractivity contribution is 6.10. The number of fused-ring (bicyclic) bond motifs is 4. The van der Waals surface area contributed by atoms with Gasteiger partial charge in [0.05, 0.1) is 34.2 Å². The Morgan fingerprint density at radius 2 is 1.22 bits per heavy atom. The normalized spacial score (nSPS) is 12.6. The molecule has 3 heterocycles. The van der Waals surface area contributed by atoms with Crippen LogP contribution in [-0.4, -0.2) is 14.5 Å². The summed E-state index contributed by atoms with van der Waals surface area (Å²) in [6, 6.07) is 39.6. The number of hydrogen-bond acceptors (Lipinski definition) is 3. The van der Waals surface area contributed by atoms with Crippen molar-refractivity contribution in [3.05, 3.63) is 138 Å². The summed E-state index contributed by atoms with van der Waals surface area (Å²) in [4.78, 5) is 10.4. The van der Waals surface area contributed by atoms with E-state index in [4.69, 9.17) is 14.4 Å². The Labute approximate surface area is 319 Å². The summed E-state index contributed by atoms with van der Waals surface area (Å²) >= 11 is 0. The quantitative estimate of drug-likeness (QED) is 0.173. The molecule has 54 heavy (non-hydrogen) atoms. The lowest BCUT2D eigenvalue weighted by molar-refractivity contribution is 0.569. The summed E-state index contributed by atoms with van der Waals surface area (Å²) in [5, 5.41) is 2.11. The monoisotopic (exact) mass is 709 g/mol. The summed E-state index contributed by atoms with van der Waals surface area (Å²) in [7, 11) is 0. The lowest BCUT2D eigenvalue weighted by Gasteiger charge is -2.26. The van der Waals surface area contributed by atoms with E-state index in [1.807, 2.05) is 6.20 Å². The molecule has 8 aromatic rings. The third-order valence-electron chi connectivity index (χ3n) is 10.9. The van der Waals surface area contributed by atoms with Crippen LogP contribution in [0, 0.1) is 0 Å². The second-order valence-electron chi connectivity index (χ2n) is 17.6. The number of furan rings is 1. The van der Waals surface area contributed by atoms with Gasteiger partial charge in [-0.25, -0.2) is 4.98 Å². The Kier molecular flexibility index (Phi) is 8.64. The smallest absolute Gasteiger partial charge is 0.153 e. The van der Waals surface area contributed by atoms with Gasteiger partial charge in [-0.15, -0.1) is 0 Å². The van der Waals surface area contributed by atoms with Crippen LogP contribution in [0.1, 0.15) is 103 Å². The van der Waals surface area contributed by atoms with Gasteiger partial charge in [0.1, 0.15) is 11.4 Å². The molecule has 4 nitrogen and oxygen atoms in total. The minimum absolute atomic E-state index is 0.00947. The summed E-state index contributed by atoms with van der Waals surface area (Å²) < 4.78 is 9.18.